The Morgan fingerprint density at radius 1 is 1.48 bits per heavy atom. The van der Waals surface area contributed by atoms with Crippen molar-refractivity contribution in [1.29, 1.82) is 0 Å². The molecular formula is C17H26N2O2. The maximum Gasteiger partial charge on any atom is 0.253 e. The van der Waals surface area contributed by atoms with Gasteiger partial charge in [-0.1, -0.05) is 13.0 Å². The van der Waals surface area contributed by atoms with E-state index in [1.807, 2.05) is 11.8 Å². The molecule has 21 heavy (non-hydrogen) atoms. The molecule has 2 N–H and O–H groups in total. The van der Waals surface area contributed by atoms with E-state index in [1.165, 1.54) is 12.8 Å². The van der Waals surface area contributed by atoms with Gasteiger partial charge in [0.1, 0.15) is 5.75 Å². The molecule has 1 amide bonds. The van der Waals surface area contributed by atoms with Gasteiger partial charge in [0.2, 0.25) is 0 Å². The normalized spacial score (nSPS) is 18.5. The maximum atomic E-state index is 12.7. The summed E-state index contributed by atoms with van der Waals surface area (Å²) in [7, 11) is 0. The lowest BCUT2D eigenvalue weighted by Gasteiger charge is -2.30. The lowest BCUT2D eigenvalue weighted by molar-refractivity contribution is 0.0718. The number of benzene rings is 1. The minimum absolute atomic E-state index is 0.0257. The minimum atomic E-state index is 0.0257. The lowest BCUT2D eigenvalue weighted by atomic mass is 9.98. The first-order valence-electron chi connectivity index (χ1n) is 7.91. The van der Waals surface area contributed by atoms with Crippen LogP contribution in [0.15, 0.2) is 18.2 Å². The summed E-state index contributed by atoms with van der Waals surface area (Å²) < 4.78 is 0. The van der Waals surface area contributed by atoms with Crippen LogP contribution in [0.2, 0.25) is 0 Å². The van der Waals surface area contributed by atoms with Crippen molar-refractivity contribution < 1.29 is 9.90 Å². The molecule has 1 heterocycles. The summed E-state index contributed by atoms with van der Waals surface area (Å²) in [6.07, 6.45) is 3.31. The fraction of sp³-hybridized carbons (Fsp3) is 0.588. The second-order valence-corrected chi connectivity index (χ2v) is 5.96. The average Bonchev–Trinajstić information content (AvgIpc) is 2.50. The first-order chi connectivity index (χ1) is 10.1. The number of aryl methyl sites for hydroxylation is 1. The van der Waals surface area contributed by atoms with Gasteiger partial charge in [-0.2, -0.15) is 0 Å². The second-order valence-electron chi connectivity index (χ2n) is 5.96. The topological polar surface area (TPSA) is 52.6 Å². The molecule has 4 nitrogen and oxygen atoms in total. The van der Waals surface area contributed by atoms with E-state index in [2.05, 4.69) is 12.2 Å². The van der Waals surface area contributed by atoms with Gasteiger partial charge in [-0.05, 0) is 62.9 Å². The van der Waals surface area contributed by atoms with E-state index in [0.717, 1.165) is 38.2 Å². The first-order valence-corrected chi connectivity index (χ1v) is 7.91. The smallest absolute Gasteiger partial charge is 0.253 e. The van der Waals surface area contributed by atoms with Gasteiger partial charge in [0.15, 0.2) is 0 Å². The number of amides is 1. The zero-order valence-corrected chi connectivity index (χ0v) is 13.1. The van der Waals surface area contributed by atoms with Crippen molar-refractivity contribution in [2.45, 2.75) is 33.1 Å². The van der Waals surface area contributed by atoms with Crippen molar-refractivity contribution in [2.75, 3.05) is 26.2 Å². The molecule has 1 aliphatic heterocycles. The molecule has 1 fully saturated rings. The maximum absolute atomic E-state index is 12.7. The summed E-state index contributed by atoms with van der Waals surface area (Å²) in [5, 5.41) is 13.2. The van der Waals surface area contributed by atoms with Gasteiger partial charge >= 0.3 is 0 Å². The van der Waals surface area contributed by atoms with Crippen LogP contribution in [-0.2, 0) is 0 Å². The summed E-state index contributed by atoms with van der Waals surface area (Å²) in [5.74, 6) is 0.752. The van der Waals surface area contributed by atoms with Crippen LogP contribution in [0.5, 0.6) is 5.75 Å². The highest BCUT2D eigenvalue weighted by Crippen LogP contribution is 2.20. The molecule has 1 atom stereocenters. The van der Waals surface area contributed by atoms with Crippen LogP contribution in [0, 0.1) is 12.8 Å². The van der Waals surface area contributed by atoms with Gasteiger partial charge in [0, 0.05) is 18.7 Å². The highest BCUT2D eigenvalue weighted by molar-refractivity contribution is 5.94. The van der Waals surface area contributed by atoms with Crippen molar-refractivity contribution in [3.63, 3.8) is 0 Å². The highest BCUT2D eigenvalue weighted by atomic mass is 16.3. The SMILES string of the molecule is CCCN(CC1CCCNC1)C(=O)c1ccc(C)c(O)c1. The van der Waals surface area contributed by atoms with E-state index in [4.69, 9.17) is 0 Å². The molecule has 1 aromatic rings. The molecule has 0 aliphatic carbocycles. The Kier molecular flexibility index (Phi) is 5.62. The molecular weight excluding hydrogens is 264 g/mol. The van der Waals surface area contributed by atoms with Crippen LogP contribution in [-0.4, -0.2) is 42.1 Å². The summed E-state index contributed by atoms with van der Waals surface area (Å²) in [4.78, 5) is 14.6. The molecule has 1 aliphatic rings. The van der Waals surface area contributed by atoms with E-state index in [-0.39, 0.29) is 11.7 Å². The molecule has 1 unspecified atom stereocenters. The second kappa shape index (κ2) is 7.46. The number of aromatic hydroxyl groups is 1. The molecule has 0 spiro atoms. The molecule has 2 rings (SSSR count). The highest BCUT2D eigenvalue weighted by Gasteiger charge is 2.21. The molecule has 0 aromatic heterocycles. The Balaban J connectivity index is 2.08. The Hall–Kier alpha value is -1.55. The van der Waals surface area contributed by atoms with Crippen LogP contribution >= 0.6 is 0 Å². The van der Waals surface area contributed by atoms with E-state index < -0.39 is 0 Å². The van der Waals surface area contributed by atoms with Crippen LogP contribution in [0.25, 0.3) is 0 Å². The zero-order chi connectivity index (χ0) is 15.2. The Bertz CT molecular complexity index is 482. The third-order valence-corrected chi connectivity index (χ3v) is 4.11. The van der Waals surface area contributed by atoms with Gasteiger partial charge in [-0.25, -0.2) is 0 Å². The van der Waals surface area contributed by atoms with Crippen LogP contribution < -0.4 is 5.32 Å². The lowest BCUT2D eigenvalue weighted by Crippen LogP contribution is -2.41. The summed E-state index contributed by atoms with van der Waals surface area (Å²) in [6.45, 7) is 7.57. The van der Waals surface area contributed by atoms with Crippen molar-refractivity contribution >= 4 is 5.91 Å². The van der Waals surface area contributed by atoms with E-state index in [1.54, 1.807) is 18.2 Å². The summed E-state index contributed by atoms with van der Waals surface area (Å²) >= 11 is 0. The molecule has 0 bridgehead atoms. The molecule has 116 valence electrons. The number of nitrogens with zero attached hydrogens (tertiary/aromatic N) is 1. The predicted octanol–water partition coefficient (Wildman–Crippen LogP) is 2.55. The number of piperidine rings is 1. The molecule has 0 saturated carbocycles. The number of phenols is 1. The largest absolute Gasteiger partial charge is 0.508 e. The third kappa shape index (κ3) is 4.21. The van der Waals surface area contributed by atoms with Gasteiger partial charge in [-0.3, -0.25) is 4.79 Å². The minimum Gasteiger partial charge on any atom is -0.508 e. The number of rotatable bonds is 5. The number of carbonyl (C=O) groups is 1. The standard InChI is InChI=1S/C17H26N2O2/c1-3-9-19(12-14-5-4-8-18-11-14)17(21)15-7-6-13(2)16(20)10-15/h6-7,10,14,18,20H,3-5,8-9,11-12H2,1-2H3. The van der Waals surface area contributed by atoms with E-state index >= 15 is 0 Å². The van der Waals surface area contributed by atoms with E-state index in [0.29, 0.717) is 11.5 Å². The van der Waals surface area contributed by atoms with Gasteiger partial charge in [-0.15, -0.1) is 0 Å². The average molecular weight is 290 g/mol. The fourth-order valence-electron chi connectivity index (χ4n) is 2.86. The van der Waals surface area contributed by atoms with E-state index in [9.17, 15) is 9.90 Å². The molecule has 4 heteroatoms. The van der Waals surface area contributed by atoms with Crippen molar-refractivity contribution in [3.05, 3.63) is 29.3 Å². The molecule has 1 aromatic carbocycles. The van der Waals surface area contributed by atoms with Crippen molar-refractivity contribution in [3.8, 4) is 5.75 Å². The Morgan fingerprint density at radius 2 is 2.29 bits per heavy atom. The van der Waals surface area contributed by atoms with Crippen LogP contribution in [0.4, 0.5) is 0 Å². The fourth-order valence-corrected chi connectivity index (χ4v) is 2.86. The summed E-state index contributed by atoms with van der Waals surface area (Å²) in [6, 6.07) is 5.19. The number of nitrogens with one attached hydrogen (secondary N) is 1. The summed E-state index contributed by atoms with van der Waals surface area (Å²) in [5.41, 5.74) is 1.38. The number of phenolic OH excluding ortho intramolecular Hbond substituents is 1. The van der Waals surface area contributed by atoms with Gasteiger partial charge < -0.3 is 15.3 Å². The third-order valence-electron chi connectivity index (χ3n) is 4.11. The Labute approximate surface area is 127 Å². The number of hydrogen-bond donors (Lipinski definition) is 2. The monoisotopic (exact) mass is 290 g/mol. The number of hydrogen-bond acceptors (Lipinski definition) is 3. The molecule has 1 saturated heterocycles. The molecule has 0 radical (unpaired) electrons. The first kappa shape index (κ1) is 15.8. The number of carbonyl (C=O) groups excluding carboxylic acids is 1. The van der Waals surface area contributed by atoms with Crippen LogP contribution in [0.1, 0.15) is 42.1 Å². The Morgan fingerprint density at radius 3 is 2.90 bits per heavy atom. The van der Waals surface area contributed by atoms with Crippen molar-refractivity contribution in [1.82, 2.24) is 10.2 Å². The van der Waals surface area contributed by atoms with Crippen LogP contribution in [0.3, 0.4) is 0 Å². The van der Waals surface area contributed by atoms with Gasteiger partial charge in [0.25, 0.3) is 5.91 Å². The zero-order valence-electron chi connectivity index (χ0n) is 13.1. The predicted molar refractivity (Wildman–Crippen MR) is 84.6 cm³/mol. The van der Waals surface area contributed by atoms with Gasteiger partial charge in [0.05, 0.1) is 0 Å². The quantitative estimate of drug-likeness (QED) is 0.876. The van der Waals surface area contributed by atoms with Crippen molar-refractivity contribution in [2.24, 2.45) is 5.92 Å².